The number of hydrogen-bond donors (Lipinski definition) is 7. The van der Waals surface area contributed by atoms with Crippen LogP contribution in [-0.2, 0) is 19.2 Å². The van der Waals surface area contributed by atoms with Crippen molar-refractivity contribution >= 4 is 74.9 Å². The average molecular weight is 803 g/mol. The number of nitrogens with zero attached hydrogens (tertiary/aromatic N) is 7. The van der Waals surface area contributed by atoms with Gasteiger partial charge in [0.1, 0.15) is 29.2 Å². The van der Waals surface area contributed by atoms with Crippen LogP contribution in [0.4, 0.5) is 5.13 Å². The standard InChI is InChI=1S/C32H36ClN11O8S2/c1-31(2,29(50)51)52-40-20(17-13-54-30(34)36-17)26(48)37-21-27(49)43-22(24-38-41-42-39-24)15(12-53-28(21)43)11-44-9-3-7-32(44,8-4-10-44)14-35-25(47)16-5-6-18(45)23(46)19(16)33/h5-6,13,21,28H,3-4,7-12,14H2,1-2H3,(H7-,34,35,36,37,38,39,40,41,42,45,46,47,48,50,51)/p+1/t21-,28-,32?,44?/m1/s1. The minimum absolute atomic E-state index is 0.0537. The van der Waals surface area contributed by atoms with E-state index in [0.717, 1.165) is 55.7 Å². The number of carboxylic acid groups (broad SMARTS) is 1. The molecular weight excluding hydrogens is 766 g/mol. The van der Waals surface area contributed by atoms with Crippen LogP contribution in [0.3, 0.4) is 0 Å². The second-order valence-corrected chi connectivity index (χ2v) is 16.5. The minimum Gasteiger partial charge on any atom is -0.504 e. The largest absolute Gasteiger partial charge is 0.504 e. The molecule has 3 saturated heterocycles. The van der Waals surface area contributed by atoms with Crippen molar-refractivity contribution in [2.24, 2.45) is 5.16 Å². The van der Waals surface area contributed by atoms with Gasteiger partial charge in [0.05, 0.1) is 35.9 Å². The van der Waals surface area contributed by atoms with Crippen molar-refractivity contribution in [1.29, 1.82) is 0 Å². The zero-order valence-electron chi connectivity index (χ0n) is 29.0. The van der Waals surface area contributed by atoms with Gasteiger partial charge in [-0.2, -0.15) is 5.21 Å². The fourth-order valence-corrected chi connectivity index (χ4v) is 9.93. The number of nitrogens with two attached hydrogens (primary N) is 1. The number of carbonyl (C=O) groups is 4. The molecule has 7 rings (SSSR count). The number of aromatic nitrogens is 5. The molecule has 6 heterocycles. The van der Waals surface area contributed by atoms with E-state index in [1.54, 1.807) is 4.90 Å². The lowest BCUT2D eigenvalue weighted by molar-refractivity contribution is -0.946. The Hall–Kier alpha value is -4.99. The molecule has 2 aromatic heterocycles. The number of rotatable bonds is 12. The predicted octanol–water partition coefficient (Wildman–Crippen LogP) is 1.27. The lowest BCUT2D eigenvalue weighted by Crippen LogP contribution is -2.70. The van der Waals surface area contributed by atoms with E-state index >= 15 is 0 Å². The first kappa shape index (κ1) is 37.3. The molecule has 3 amide bonds. The number of aromatic hydroxyl groups is 2. The Bertz CT molecular complexity index is 2080. The number of nitrogen functional groups attached to an aromatic ring is 1. The normalized spacial score (nSPS) is 25.2. The number of amides is 3. The van der Waals surface area contributed by atoms with Gasteiger partial charge in [-0.15, -0.1) is 33.3 Å². The highest BCUT2D eigenvalue weighted by molar-refractivity contribution is 8.00. The number of carbonyl (C=O) groups excluding carboxylic acids is 3. The van der Waals surface area contributed by atoms with Crippen LogP contribution in [0.15, 0.2) is 28.2 Å². The minimum atomic E-state index is -1.76. The summed E-state index contributed by atoms with van der Waals surface area (Å²) in [6.45, 7) is 5.15. The number of carboxylic acids is 1. The van der Waals surface area contributed by atoms with Crippen LogP contribution in [0.25, 0.3) is 5.70 Å². The maximum Gasteiger partial charge on any atom is 0.350 e. The molecule has 2 atom stereocenters. The van der Waals surface area contributed by atoms with Gasteiger partial charge in [-0.3, -0.25) is 19.3 Å². The highest BCUT2D eigenvalue weighted by Gasteiger charge is 2.60. The highest BCUT2D eigenvalue weighted by atomic mass is 35.5. The summed E-state index contributed by atoms with van der Waals surface area (Å²) in [4.78, 5) is 63.4. The Morgan fingerprint density at radius 1 is 1.24 bits per heavy atom. The van der Waals surface area contributed by atoms with E-state index in [4.69, 9.17) is 22.2 Å². The van der Waals surface area contributed by atoms with E-state index in [9.17, 15) is 34.5 Å². The number of benzene rings is 1. The van der Waals surface area contributed by atoms with Gasteiger partial charge in [-0.05, 0) is 31.2 Å². The third kappa shape index (κ3) is 6.37. The predicted molar refractivity (Wildman–Crippen MR) is 195 cm³/mol. The summed E-state index contributed by atoms with van der Waals surface area (Å²) >= 11 is 8.71. The first-order valence-electron chi connectivity index (χ1n) is 16.9. The van der Waals surface area contributed by atoms with Gasteiger partial charge in [0.2, 0.25) is 11.4 Å². The maximum atomic E-state index is 14.0. The summed E-state index contributed by atoms with van der Waals surface area (Å²) in [5, 5.41) is 54.5. The molecule has 0 unspecified atom stereocenters. The van der Waals surface area contributed by atoms with E-state index in [1.165, 1.54) is 43.1 Å². The molecule has 0 radical (unpaired) electrons. The second kappa shape index (κ2) is 14.0. The summed E-state index contributed by atoms with van der Waals surface area (Å²) in [6, 6.07) is 1.60. The quantitative estimate of drug-likeness (QED) is 0.0447. The number of oxime groups is 1. The van der Waals surface area contributed by atoms with Gasteiger partial charge in [0.25, 0.3) is 17.7 Å². The van der Waals surface area contributed by atoms with Crippen molar-refractivity contribution in [3.63, 3.8) is 0 Å². The van der Waals surface area contributed by atoms with E-state index in [1.807, 2.05) is 0 Å². The van der Waals surface area contributed by atoms with Crippen molar-refractivity contribution in [3.05, 3.63) is 45.2 Å². The van der Waals surface area contributed by atoms with Gasteiger partial charge >= 0.3 is 5.97 Å². The van der Waals surface area contributed by atoms with Crippen LogP contribution in [0, 0.1) is 0 Å². The number of anilines is 1. The zero-order chi connectivity index (χ0) is 38.6. The number of tetrazole rings is 1. The SMILES string of the molecule is CC(C)(O/N=C(\C(=O)N[C@@H]1C(=O)N2C(c3nn[nH]n3)=C(C[N+]34CCCC3(CNC(=O)c3ccc(O)c(O)c3Cl)CCC4)CS[C@H]12)c1csc(N)n1)C(=O)O. The molecule has 1 aromatic carbocycles. The third-order valence-corrected chi connectivity index (χ3v) is 13.0. The third-order valence-electron chi connectivity index (χ3n) is 10.6. The number of halogens is 1. The van der Waals surface area contributed by atoms with E-state index in [0.29, 0.717) is 29.0 Å². The number of hydrogen-bond acceptors (Lipinski definition) is 15. The number of phenols is 2. The number of H-pyrrole nitrogens is 1. The molecule has 22 heteroatoms. The Balaban J connectivity index is 1.12. The number of aliphatic carboxylic acids is 1. The molecule has 0 bridgehead atoms. The Kier molecular flexibility index (Phi) is 9.69. The highest BCUT2D eigenvalue weighted by Crippen LogP contribution is 2.50. The van der Waals surface area contributed by atoms with Gasteiger partial charge in [0, 0.05) is 42.4 Å². The van der Waals surface area contributed by atoms with Crippen LogP contribution < -0.4 is 16.4 Å². The van der Waals surface area contributed by atoms with E-state index < -0.39 is 52.2 Å². The van der Waals surface area contributed by atoms with Crippen LogP contribution >= 0.6 is 34.7 Å². The molecule has 3 fully saturated rings. The number of thioether (sulfide) groups is 1. The monoisotopic (exact) mass is 802 g/mol. The molecule has 286 valence electrons. The molecule has 0 saturated carbocycles. The number of β-lactam (4-membered cyclic amide) rings is 1. The fraction of sp³-hybridized carbons (Fsp3) is 0.469. The molecule has 19 nitrogen and oxygen atoms in total. The zero-order valence-corrected chi connectivity index (χ0v) is 31.4. The van der Waals surface area contributed by atoms with Crippen LogP contribution in [0.5, 0.6) is 11.5 Å². The lowest BCUT2D eigenvalue weighted by atomic mass is 9.91. The Morgan fingerprint density at radius 2 is 1.98 bits per heavy atom. The van der Waals surface area contributed by atoms with E-state index in [2.05, 4.69) is 41.4 Å². The van der Waals surface area contributed by atoms with Crippen molar-refractivity contribution in [1.82, 2.24) is 41.1 Å². The molecule has 4 aliphatic heterocycles. The molecular formula is C32H37ClN11O8S2+. The van der Waals surface area contributed by atoms with Gasteiger partial charge in [-0.25, -0.2) is 9.78 Å². The molecule has 0 spiro atoms. The smallest absolute Gasteiger partial charge is 0.350 e. The first-order chi connectivity index (χ1) is 25.7. The molecule has 8 N–H and O–H groups in total. The Labute approximate surface area is 320 Å². The van der Waals surface area contributed by atoms with Crippen molar-refractivity contribution in [2.75, 3.05) is 37.7 Å². The second-order valence-electron chi connectivity index (χ2n) is 14.1. The van der Waals surface area contributed by atoms with Crippen molar-refractivity contribution in [2.45, 2.75) is 62.1 Å². The summed E-state index contributed by atoms with van der Waals surface area (Å²) in [6.07, 6.45) is 3.58. The number of thiazole rings is 1. The van der Waals surface area contributed by atoms with Crippen molar-refractivity contribution < 1.29 is 43.8 Å². The summed E-state index contributed by atoms with van der Waals surface area (Å²) in [5.74, 6) is -3.26. The molecule has 4 aliphatic rings. The number of fused-ring (bicyclic) bond motifs is 2. The van der Waals surface area contributed by atoms with Crippen LogP contribution in [-0.4, -0.2) is 134 Å². The summed E-state index contributed by atoms with van der Waals surface area (Å²) < 4.78 is 0.676. The number of quaternary nitrogens is 1. The Morgan fingerprint density at radius 3 is 2.63 bits per heavy atom. The number of aromatic amines is 1. The summed E-state index contributed by atoms with van der Waals surface area (Å²) in [7, 11) is 0. The summed E-state index contributed by atoms with van der Waals surface area (Å²) in [5.41, 5.74) is 4.92. The molecule has 54 heavy (non-hydrogen) atoms. The van der Waals surface area contributed by atoms with Crippen LogP contribution in [0.2, 0.25) is 5.02 Å². The average Bonchev–Trinajstić information content (AvgIpc) is 3.94. The molecule has 0 aliphatic carbocycles. The first-order valence-corrected chi connectivity index (χ1v) is 19.2. The topological polar surface area (TPSA) is 271 Å². The number of nitrogens with one attached hydrogen (secondary N) is 3. The van der Waals surface area contributed by atoms with Gasteiger partial charge in [0.15, 0.2) is 22.3 Å². The van der Waals surface area contributed by atoms with Crippen LogP contribution in [0.1, 0.15) is 61.4 Å². The number of phenolic OH excluding ortho intramolecular Hbond substituents is 2. The maximum absolute atomic E-state index is 14.0. The van der Waals surface area contributed by atoms with Crippen molar-refractivity contribution in [3.8, 4) is 11.5 Å². The fourth-order valence-electron chi connectivity index (χ4n) is 7.80. The van der Waals surface area contributed by atoms with Gasteiger partial charge < -0.3 is 41.0 Å². The molecule has 3 aromatic rings. The lowest BCUT2D eigenvalue weighted by Gasteiger charge is -2.51. The van der Waals surface area contributed by atoms with Gasteiger partial charge in [-0.1, -0.05) is 16.8 Å². The van der Waals surface area contributed by atoms with E-state index in [-0.39, 0.29) is 38.5 Å².